The minimum atomic E-state index is 0.0596. The zero-order chi connectivity index (χ0) is 12.2. The quantitative estimate of drug-likeness (QED) is 0.622. The molecule has 0 spiro atoms. The molecule has 0 saturated carbocycles. The number of hydrogen-bond acceptors (Lipinski definition) is 1. The Bertz CT molecular complexity index is 648. The molecule has 0 bridgehead atoms. The van der Waals surface area contributed by atoms with Crippen LogP contribution in [0.5, 0.6) is 0 Å². The molecule has 0 radical (unpaired) electrons. The van der Waals surface area contributed by atoms with Crippen LogP contribution in [0.3, 0.4) is 0 Å². The predicted molar refractivity (Wildman–Crippen MR) is 74.5 cm³/mol. The molecule has 1 nitrogen and oxygen atoms in total. The fourth-order valence-electron chi connectivity index (χ4n) is 2.69. The van der Waals surface area contributed by atoms with E-state index in [0.717, 1.165) is 5.69 Å². The molecule has 86 valence electrons. The van der Waals surface area contributed by atoms with E-state index in [4.69, 9.17) is 4.99 Å². The molecule has 0 aromatic heterocycles. The zero-order valence-electron chi connectivity index (χ0n) is 10.8. The van der Waals surface area contributed by atoms with Gasteiger partial charge in [-0.15, -0.1) is 0 Å². The van der Waals surface area contributed by atoms with Gasteiger partial charge in [-0.25, -0.2) is 0 Å². The topological polar surface area (TPSA) is 12.4 Å². The molecule has 0 fully saturated rings. The third kappa shape index (κ3) is 1.35. The summed E-state index contributed by atoms with van der Waals surface area (Å²) < 4.78 is 0. The van der Waals surface area contributed by atoms with Gasteiger partial charge in [-0.2, -0.15) is 0 Å². The molecule has 2 aromatic rings. The summed E-state index contributed by atoms with van der Waals surface area (Å²) in [6.45, 7) is 8.79. The maximum atomic E-state index is 4.69. The van der Waals surface area contributed by atoms with E-state index in [9.17, 15) is 0 Å². The van der Waals surface area contributed by atoms with Crippen LogP contribution in [0, 0.1) is 6.92 Å². The van der Waals surface area contributed by atoms with Crippen molar-refractivity contribution in [3.63, 3.8) is 0 Å². The van der Waals surface area contributed by atoms with E-state index < -0.39 is 0 Å². The summed E-state index contributed by atoms with van der Waals surface area (Å²) in [5.74, 6) is 0. The van der Waals surface area contributed by atoms with Crippen LogP contribution in [0.2, 0.25) is 0 Å². The smallest absolute Gasteiger partial charge is 0.0677 e. The summed E-state index contributed by atoms with van der Waals surface area (Å²) in [5.41, 5.74) is 5.10. The lowest BCUT2D eigenvalue weighted by atomic mass is 9.79. The lowest BCUT2D eigenvalue weighted by molar-refractivity contribution is 0.740. The zero-order valence-corrected chi connectivity index (χ0v) is 10.8. The van der Waals surface area contributed by atoms with Gasteiger partial charge in [-0.05, 0) is 36.2 Å². The molecule has 1 aliphatic rings. The summed E-state index contributed by atoms with van der Waals surface area (Å²) >= 11 is 0. The van der Waals surface area contributed by atoms with Gasteiger partial charge < -0.3 is 0 Å². The molecule has 0 saturated heterocycles. The van der Waals surface area contributed by atoms with Crippen LogP contribution >= 0.6 is 0 Å². The van der Waals surface area contributed by atoms with Crippen LogP contribution in [0.1, 0.15) is 31.9 Å². The molecule has 1 heterocycles. The Morgan fingerprint density at radius 3 is 2.53 bits per heavy atom. The van der Waals surface area contributed by atoms with Gasteiger partial charge in [-0.3, -0.25) is 4.99 Å². The molecule has 17 heavy (non-hydrogen) atoms. The molecule has 0 N–H and O–H groups in total. The van der Waals surface area contributed by atoms with E-state index in [1.54, 1.807) is 0 Å². The van der Waals surface area contributed by atoms with Crippen molar-refractivity contribution >= 4 is 22.2 Å². The Morgan fingerprint density at radius 1 is 1.00 bits per heavy atom. The number of fused-ring (bicyclic) bond motifs is 3. The van der Waals surface area contributed by atoms with E-state index in [-0.39, 0.29) is 5.41 Å². The van der Waals surface area contributed by atoms with Gasteiger partial charge in [0.1, 0.15) is 0 Å². The van der Waals surface area contributed by atoms with E-state index in [1.165, 1.54) is 27.6 Å². The fourth-order valence-corrected chi connectivity index (χ4v) is 2.69. The SMILES string of the molecule is CC1=Nc2ccc3cc(C)ccc3c2C1(C)C. The first-order valence-corrected chi connectivity index (χ1v) is 6.10. The normalized spacial score (nSPS) is 17.1. The monoisotopic (exact) mass is 223 g/mol. The Labute approximate surface area is 102 Å². The first-order chi connectivity index (χ1) is 8.00. The molecule has 0 amide bonds. The van der Waals surface area contributed by atoms with Gasteiger partial charge in [0.25, 0.3) is 0 Å². The van der Waals surface area contributed by atoms with E-state index in [0.29, 0.717) is 0 Å². The van der Waals surface area contributed by atoms with Crippen molar-refractivity contribution in [3.05, 3.63) is 41.5 Å². The van der Waals surface area contributed by atoms with Crippen molar-refractivity contribution in [3.8, 4) is 0 Å². The standard InChI is InChI=1S/C16H17N/c1-10-5-7-13-12(9-10)6-8-14-15(13)16(3,4)11(2)17-14/h5-9H,1-4H3. The second-order valence-electron chi connectivity index (χ2n) is 5.51. The fraction of sp³-hybridized carbons (Fsp3) is 0.312. The molecule has 1 aliphatic heterocycles. The van der Waals surface area contributed by atoms with E-state index in [1.807, 2.05) is 0 Å². The van der Waals surface area contributed by atoms with Crippen LogP contribution in [0.4, 0.5) is 5.69 Å². The van der Waals surface area contributed by atoms with Crippen LogP contribution in [-0.2, 0) is 5.41 Å². The van der Waals surface area contributed by atoms with Gasteiger partial charge >= 0.3 is 0 Å². The Morgan fingerprint density at radius 2 is 1.76 bits per heavy atom. The molecule has 1 heteroatoms. The number of nitrogens with zero attached hydrogens (tertiary/aromatic N) is 1. The lowest BCUT2D eigenvalue weighted by Gasteiger charge is -2.21. The highest BCUT2D eigenvalue weighted by molar-refractivity contribution is 6.06. The first-order valence-electron chi connectivity index (χ1n) is 6.10. The van der Waals surface area contributed by atoms with Crippen LogP contribution in [0.15, 0.2) is 35.3 Å². The average molecular weight is 223 g/mol. The first kappa shape index (κ1) is 10.5. The molecule has 0 atom stereocenters. The van der Waals surface area contributed by atoms with E-state index in [2.05, 4.69) is 58.0 Å². The maximum Gasteiger partial charge on any atom is 0.0677 e. The number of aliphatic imine (C=N–C) groups is 1. The molecular weight excluding hydrogens is 206 g/mol. The highest BCUT2D eigenvalue weighted by Crippen LogP contribution is 2.44. The average Bonchev–Trinajstić information content (AvgIpc) is 2.50. The number of benzene rings is 2. The largest absolute Gasteiger partial charge is 0.257 e. The number of rotatable bonds is 0. The maximum absolute atomic E-state index is 4.69. The predicted octanol–water partition coefficient (Wildman–Crippen LogP) is 4.53. The Hall–Kier alpha value is -1.63. The van der Waals surface area contributed by atoms with Crippen molar-refractivity contribution in [2.75, 3.05) is 0 Å². The minimum absolute atomic E-state index is 0.0596. The van der Waals surface area contributed by atoms with Crippen LogP contribution in [-0.4, -0.2) is 5.71 Å². The van der Waals surface area contributed by atoms with Gasteiger partial charge in [0, 0.05) is 11.1 Å². The second-order valence-corrected chi connectivity index (χ2v) is 5.51. The summed E-state index contributed by atoms with van der Waals surface area (Å²) in [6.07, 6.45) is 0. The highest BCUT2D eigenvalue weighted by Gasteiger charge is 2.33. The second kappa shape index (κ2) is 3.19. The minimum Gasteiger partial charge on any atom is -0.257 e. The summed E-state index contributed by atoms with van der Waals surface area (Å²) in [5, 5.41) is 2.67. The van der Waals surface area contributed by atoms with Gasteiger partial charge in [0.05, 0.1) is 5.69 Å². The van der Waals surface area contributed by atoms with Crippen molar-refractivity contribution in [1.82, 2.24) is 0 Å². The molecule has 0 unspecified atom stereocenters. The highest BCUT2D eigenvalue weighted by atomic mass is 14.8. The Balaban J connectivity index is 2.41. The van der Waals surface area contributed by atoms with Gasteiger partial charge in [-0.1, -0.05) is 43.7 Å². The van der Waals surface area contributed by atoms with Crippen LogP contribution in [0.25, 0.3) is 10.8 Å². The van der Waals surface area contributed by atoms with Crippen LogP contribution < -0.4 is 0 Å². The number of hydrogen-bond donors (Lipinski definition) is 0. The molecule has 2 aromatic carbocycles. The van der Waals surface area contributed by atoms with Crippen molar-refractivity contribution < 1.29 is 0 Å². The summed E-state index contributed by atoms with van der Waals surface area (Å²) in [6, 6.07) is 11.0. The Kier molecular flexibility index (Phi) is 1.97. The molecule has 0 aliphatic carbocycles. The van der Waals surface area contributed by atoms with Gasteiger partial charge in [0.15, 0.2) is 0 Å². The van der Waals surface area contributed by atoms with Crippen molar-refractivity contribution in [1.29, 1.82) is 0 Å². The summed E-state index contributed by atoms with van der Waals surface area (Å²) in [7, 11) is 0. The summed E-state index contributed by atoms with van der Waals surface area (Å²) in [4.78, 5) is 4.69. The molecular formula is C16H17N. The van der Waals surface area contributed by atoms with Gasteiger partial charge in [0.2, 0.25) is 0 Å². The van der Waals surface area contributed by atoms with Crippen molar-refractivity contribution in [2.45, 2.75) is 33.1 Å². The number of aryl methyl sites for hydroxylation is 1. The lowest BCUT2D eigenvalue weighted by Crippen LogP contribution is -2.22. The third-order valence-electron chi connectivity index (χ3n) is 3.97. The molecule has 3 rings (SSSR count). The van der Waals surface area contributed by atoms with E-state index >= 15 is 0 Å². The third-order valence-corrected chi connectivity index (χ3v) is 3.97. The van der Waals surface area contributed by atoms with Crippen molar-refractivity contribution in [2.24, 2.45) is 4.99 Å².